The molecule has 0 rings (SSSR count). The molecular weight excluding hydrogens is 109 g/mol. The van der Waals surface area contributed by atoms with Gasteiger partial charge < -0.3 is 0 Å². The van der Waals surface area contributed by atoms with Crippen LogP contribution >= 0.6 is 0 Å². The lowest BCUT2D eigenvalue weighted by molar-refractivity contribution is 2.37. The normalized spacial score (nSPS) is 6.90. The summed E-state index contributed by atoms with van der Waals surface area (Å²) in [6.07, 6.45) is 0. The van der Waals surface area contributed by atoms with Gasteiger partial charge in [0.25, 0.3) is 0 Å². The standard InChI is InChI=1S/CH3B9/c1-3-5-7-9-10-8-6-4-2/h1H3. The Morgan fingerprint density at radius 2 is 1.30 bits per heavy atom. The maximum Gasteiger partial charge on any atom is 0.0502 e. The molecule has 0 aliphatic heterocycles. The van der Waals surface area contributed by atoms with Gasteiger partial charge in [0.2, 0.25) is 0 Å². The third-order valence-electron chi connectivity index (χ3n) is 0.859. The summed E-state index contributed by atoms with van der Waals surface area (Å²) in [4.78, 5) is 0. The van der Waals surface area contributed by atoms with Gasteiger partial charge in [0.05, 0.1) is 7.17 Å². The largest absolute Gasteiger partial charge is 0.101 e. The lowest BCUT2D eigenvalue weighted by Crippen LogP contribution is -2.29. The zero-order valence-electron chi connectivity index (χ0n) is 6.20. The van der Waals surface area contributed by atoms with Gasteiger partial charge in [-0.15, -0.1) is 6.82 Å². The van der Waals surface area contributed by atoms with E-state index in [0.717, 1.165) is 0 Å². The Morgan fingerprint density at radius 1 is 0.800 bits per heavy atom. The van der Waals surface area contributed by atoms with Crippen LogP contribution in [0.2, 0.25) is 6.82 Å². The van der Waals surface area contributed by atoms with Crippen LogP contribution in [0.1, 0.15) is 0 Å². The summed E-state index contributed by atoms with van der Waals surface area (Å²) in [7, 11) is 20.0. The molecule has 0 heterocycles. The Balaban J connectivity index is 2.65. The van der Waals surface area contributed by atoms with Crippen molar-refractivity contribution in [2.75, 3.05) is 0 Å². The highest BCUT2D eigenvalue weighted by Crippen LogP contribution is 1.56. The van der Waals surface area contributed by atoms with Crippen molar-refractivity contribution in [3.63, 3.8) is 0 Å². The predicted molar refractivity (Wildman–Crippen MR) is 57.6 cm³/mol. The van der Waals surface area contributed by atoms with Crippen LogP contribution in [0.25, 0.3) is 0 Å². The molecule has 0 N–H and O–H groups in total. The molecular formula is CH3B9. The van der Waals surface area contributed by atoms with Gasteiger partial charge in [0, 0.05) is 57.2 Å². The molecule has 10 heavy (non-hydrogen) atoms. The van der Waals surface area contributed by atoms with Crippen molar-refractivity contribution in [1.82, 2.24) is 0 Å². The second kappa shape index (κ2) is 9.58. The second-order valence-corrected chi connectivity index (χ2v) is 1.68. The van der Waals surface area contributed by atoms with Gasteiger partial charge in [0.1, 0.15) is 0 Å². The monoisotopic (exact) mass is 114 g/mol. The van der Waals surface area contributed by atoms with Crippen LogP contribution in [-0.2, 0) is 0 Å². The summed E-state index contributed by atoms with van der Waals surface area (Å²) in [5.41, 5.74) is 0. The molecule has 34 valence electrons. The number of hydrogen-bond donors (Lipinski definition) is 0. The van der Waals surface area contributed by atoms with Gasteiger partial charge in [0.15, 0.2) is 0 Å². The van der Waals surface area contributed by atoms with Crippen molar-refractivity contribution < 1.29 is 0 Å². The van der Waals surface area contributed by atoms with Gasteiger partial charge in [-0.05, 0) is 0 Å². The summed E-state index contributed by atoms with van der Waals surface area (Å²) in [5, 5.41) is 0. The quantitative estimate of drug-likeness (QED) is 0.246. The Kier molecular flexibility index (Phi) is 10.1. The van der Waals surface area contributed by atoms with Gasteiger partial charge in [-0.2, -0.15) is 0 Å². The zero-order valence-corrected chi connectivity index (χ0v) is 6.20. The molecule has 10 radical (unpaired) electrons. The first-order chi connectivity index (χ1) is 4.91. The van der Waals surface area contributed by atoms with Crippen LogP contribution in [0.15, 0.2) is 0 Å². The predicted octanol–water partition coefficient (Wildman–Crippen LogP) is -2.84. The highest BCUT2D eigenvalue weighted by Gasteiger charge is 1.93. The van der Waals surface area contributed by atoms with E-state index in [-0.39, 0.29) is 0 Å². The van der Waals surface area contributed by atoms with Crippen LogP contribution in [-0.4, -0.2) is 64.3 Å². The Hall–Kier alpha value is 0.584. The summed E-state index contributed by atoms with van der Waals surface area (Å²) < 4.78 is 0. The third-order valence-corrected chi connectivity index (χ3v) is 0.859. The van der Waals surface area contributed by atoms with Gasteiger partial charge in [-0.1, -0.05) is 0 Å². The fourth-order valence-electron chi connectivity index (χ4n) is 0.432. The third kappa shape index (κ3) is 8.58. The minimum atomic E-state index is 1.50. The van der Waals surface area contributed by atoms with Crippen molar-refractivity contribution in [2.45, 2.75) is 6.82 Å². The molecule has 0 atom stereocenters. The lowest BCUT2D eigenvalue weighted by atomic mass is 8.90. The first-order valence-corrected chi connectivity index (χ1v) is 3.24. The van der Waals surface area contributed by atoms with E-state index in [1.54, 1.807) is 7.06 Å². The molecule has 0 aromatic heterocycles. The van der Waals surface area contributed by atoms with Crippen molar-refractivity contribution in [1.29, 1.82) is 0 Å². The average Bonchev–Trinajstić information content (AvgIpc) is 1.97. The average molecular weight is 112 g/mol. The molecule has 0 bridgehead atoms. The highest BCUT2D eigenvalue weighted by molar-refractivity contribution is 7.67. The first-order valence-electron chi connectivity index (χ1n) is 3.24. The Morgan fingerprint density at radius 3 is 1.80 bits per heavy atom. The van der Waals surface area contributed by atoms with Gasteiger partial charge in [-0.3, -0.25) is 0 Å². The molecule has 9 heteroatoms. The van der Waals surface area contributed by atoms with E-state index in [1.807, 2.05) is 49.3 Å². The SMILES string of the molecule is [B][B][B][B][B][B][B][B][B]C. The molecule has 0 aromatic carbocycles. The highest BCUT2D eigenvalue weighted by atomic mass is 12.8. The van der Waals surface area contributed by atoms with Crippen molar-refractivity contribution >= 4 is 64.3 Å². The van der Waals surface area contributed by atoms with E-state index in [2.05, 4.69) is 0 Å². The maximum absolute atomic E-state index is 5.10. The van der Waals surface area contributed by atoms with Crippen molar-refractivity contribution in [3.05, 3.63) is 0 Å². The smallest absolute Gasteiger partial charge is 0.0502 e. The van der Waals surface area contributed by atoms with Gasteiger partial charge >= 0.3 is 0 Å². The Labute approximate surface area is 71.7 Å². The molecule has 0 saturated heterocycles. The van der Waals surface area contributed by atoms with Crippen LogP contribution in [0.3, 0.4) is 0 Å². The maximum atomic E-state index is 5.10. The fourth-order valence-corrected chi connectivity index (χ4v) is 0.432. The van der Waals surface area contributed by atoms with Crippen LogP contribution < -0.4 is 0 Å². The minimum absolute atomic E-state index is 1.50. The lowest BCUT2D eigenvalue weighted by Gasteiger charge is -1.92. The Bertz CT molecular complexity index is 44.7. The zero-order chi connectivity index (χ0) is 7.66. The van der Waals surface area contributed by atoms with Crippen LogP contribution in [0, 0.1) is 0 Å². The van der Waals surface area contributed by atoms with E-state index >= 15 is 0 Å². The molecule has 0 nitrogen and oxygen atoms in total. The topological polar surface area (TPSA) is 0 Å². The molecule has 0 fully saturated rings. The molecule has 0 aliphatic rings. The molecule has 0 amide bonds. The van der Waals surface area contributed by atoms with E-state index in [1.165, 1.54) is 7.06 Å². The number of hydrogen-bond acceptors (Lipinski definition) is 0. The minimum Gasteiger partial charge on any atom is -0.101 e. The summed E-state index contributed by atoms with van der Waals surface area (Å²) in [6, 6.07) is 0. The van der Waals surface area contributed by atoms with E-state index in [9.17, 15) is 0 Å². The molecule has 0 unspecified atom stereocenters. The molecule has 0 spiro atoms. The van der Waals surface area contributed by atoms with Crippen LogP contribution in [0.4, 0.5) is 0 Å². The van der Waals surface area contributed by atoms with Crippen molar-refractivity contribution in [2.24, 2.45) is 0 Å². The number of rotatable bonds is 7. The fraction of sp³-hybridized carbons (Fsp3) is 1.00. The molecule has 0 aromatic rings. The summed E-state index contributed by atoms with van der Waals surface area (Å²) in [5.74, 6) is 0. The second-order valence-electron chi connectivity index (χ2n) is 1.68. The molecule has 0 saturated carbocycles. The summed E-state index contributed by atoms with van der Waals surface area (Å²) in [6.45, 7) is 1.98. The van der Waals surface area contributed by atoms with Crippen LogP contribution in [0.5, 0.6) is 0 Å². The summed E-state index contributed by atoms with van der Waals surface area (Å²) >= 11 is 0. The van der Waals surface area contributed by atoms with E-state index < -0.39 is 0 Å². The van der Waals surface area contributed by atoms with Crippen molar-refractivity contribution in [3.8, 4) is 0 Å². The first kappa shape index (κ1) is 10.6. The van der Waals surface area contributed by atoms with E-state index in [4.69, 9.17) is 7.74 Å². The van der Waals surface area contributed by atoms with E-state index in [0.29, 0.717) is 0 Å². The molecule has 0 aliphatic carbocycles. The van der Waals surface area contributed by atoms with Gasteiger partial charge in [-0.25, -0.2) is 0 Å².